The SMILES string of the molecule is C[C@H](NC(=O)C(C)(C)CN)C1CCCCC1. The Morgan fingerprint density at radius 1 is 1.38 bits per heavy atom. The van der Waals surface area contributed by atoms with Crippen LogP contribution in [0.5, 0.6) is 0 Å². The molecule has 1 atom stereocenters. The fourth-order valence-electron chi connectivity index (χ4n) is 2.25. The first-order valence-corrected chi connectivity index (χ1v) is 6.48. The summed E-state index contributed by atoms with van der Waals surface area (Å²) in [7, 11) is 0. The van der Waals surface area contributed by atoms with E-state index in [9.17, 15) is 4.79 Å². The van der Waals surface area contributed by atoms with Crippen LogP contribution in [0.2, 0.25) is 0 Å². The molecule has 16 heavy (non-hydrogen) atoms. The second-order valence-corrected chi connectivity index (χ2v) is 5.75. The standard InChI is InChI=1S/C13H26N2O/c1-10(11-7-5-4-6-8-11)15-12(16)13(2,3)9-14/h10-11H,4-9,14H2,1-3H3,(H,15,16)/t10-/m0/s1. The molecule has 1 fully saturated rings. The normalized spacial score (nSPS) is 20.5. The van der Waals surface area contributed by atoms with E-state index in [1.54, 1.807) is 0 Å². The summed E-state index contributed by atoms with van der Waals surface area (Å²) in [5.41, 5.74) is 5.16. The van der Waals surface area contributed by atoms with Crippen LogP contribution in [-0.4, -0.2) is 18.5 Å². The van der Waals surface area contributed by atoms with Crippen molar-refractivity contribution in [2.24, 2.45) is 17.1 Å². The number of hydrogen-bond donors (Lipinski definition) is 2. The van der Waals surface area contributed by atoms with Crippen LogP contribution < -0.4 is 11.1 Å². The van der Waals surface area contributed by atoms with E-state index in [4.69, 9.17) is 5.73 Å². The predicted octanol–water partition coefficient (Wildman–Crippen LogP) is 2.06. The van der Waals surface area contributed by atoms with E-state index in [2.05, 4.69) is 12.2 Å². The van der Waals surface area contributed by atoms with Crippen LogP contribution in [0.3, 0.4) is 0 Å². The van der Waals surface area contributed by atoms with Gasteiger partial charge in [0.25, 0.3) is 0 Å². The molecular weight excluding hydrogens is 200 g/mol. The van der Waals surface area contributed by atoms with Crippen LogP contribution in [0.15, 0.2) is 0 Å². The molecule has 1 saturated carbocycles. The van der Waals surface area contributed by atoms with Crippen LogP contribution in [0, 0.1) is 11.3 Å². The Kier molecular flexibility index (Phi) is 4.78. The van der Waals surface area contributed by atoms with Gasteiger partial charge in [-0.3, -0.25) is 4.79 Å². The molecule has 0 aliphatic heterocycles. The number of carbonyl (C=O) groups excluding carboxylic acids is 1. The lowest BCUT2D eigenvalue weighted by Gasteiger charge is -2.31. The zero-order chi connectivity index (χ0) is 12.2. The quantitative estimate of drug-likeness (QED) is 0.771. The highest BCUT2D eigenvalue weighted by Crippen LogP contribution is 2.26. The first kappa shape index (κ1) is 13.5. The highest BCUT2D eigenvalue weighted by atomic mass is 16.2. The van der Waals surface area contributed by atoms with Crippen molar-refractivity contribution in [2.45, 2.75) is 58.9 Å². The third-order valence-corrected chi connectivity index (χ3v) is 3.84. The lowest BCUT2D eigenvalue weighted by Crippen LogP contribution is -2.47. The first-order valence-electron chi connectivity index (χ1n) is 6.48. The van der Waals surface area contributed by atoms with Gasteiger partial charge in [-0.2, -0.15) is 0 Å². The van der Waals surface area contributed by atoms with Gasteiger partial charge in [0.05, 0.1) is 5.41 Å². The number of nitrogens with one attached hydrogen (secondary N) is 1. The molecule has 0 unspecified atom stereocenters. The van der Waals surface area contributed by atoms with E-state index in [-0.39, 0.29) is 5.91 Å². The summed E-state index contributed by atoms with van der Waals surface area (Å²) in [5.74, 6) is 0.749. The van der Waals surface area contributed by atoms with Crippen LogP contribution >= 0.6 is 0 Å². The van der Waals surface area contributed by atoms with E-state index < -0.39 is 5.41 Å². The molecule has 0 spiro atoms. The third-order valence-electron chi connectivity index (χ3n) is 3.84. The van der Waals surface area contributed by atoms with Gasteiger partial charge in [-0.05, 0) is 39.5 Å². The zero-order valence-electron chi connectivity index (χ0n) is 10.9. The van der Waals surface area contributed by atoms with Gasteiger partial charge in [0.15, 0.2) is 0 Å². The number of carbonyl (C=O) groups is 1. The summed E-state index contributed by atoms with van der Waals surface area (Å²) in [4.78, 5) is 12.0. The third kappa shape index (κ3) is 3.48. The van der Waals surface area contributed by atoms with Gasteiger partial charge in [0.1, 0.15) is 0 Å². The van der Waals surface area contributed by atoms with Crippen LogP contribution in [-0.2, 0) is 4.79 Å². The number of nitrogens with two attached hydrogens (primary N) is 1. The zero-order valence-corrected chi connectivity index (χ0v) is 10.9. The molecule has 1 aliphatic carbocycles. The Labute approximate surface area is 99.2 Å². The van der Waals surface area contributed by atoms with Crippen molar-refractivity contribution in [3.63, 3.8) is 0 Å². The number of hydrogen-bond acceptors (Lipinski definition) is 2. The van der Waals surface area contributed by atoms with Crippen LogP contribution in [0.4, 0.5) is 0 Å². The Morgan fingerprint density at radius 3 is 2.44 bits per heavy atom. The molecule has 3 heteroatoms. The van der Waals surface area contributed by atoms with E-state index >= 15 is 0 Å². The maximum atomic E-state index is 12.0. The summed E-state index contributed by atoms with van der Waals surface area (Å²) < 4.78 is 0. The van der Waals surface area contributed by atoms with Crippen molar-refractivity contribution in [3.05, 3.63) is 0 Å². The molecule has 0 bridgehead atoms. The maximum Gasteiger partial charge on any atom is 0.227 e. The summed E-state index contributed by atoms with van der Waals surface area (Å²) >= 11 is 0. The van der Waals surface area contributed by atoms with E-state index in [1.807, 2.05) is 13.8 Å². The molecule has 1 aliphatic rings. The second-order valence-electron chi connectivity index (χ2n) is 5.75. The number of amides is 1. The largest absolute Gasteiger partial charge is 0.353 e. The minimum atomic E-state index is -0.442. The van der Waals surface area contributed by atoms with Crippen molar-refractivity contribution < 1.29 is 4.79 Å². The van der Waals surface area contributed by atoms with E-state index in [0.29, 0.717) is 18.5 Å². The molecule has 0 saturated heterocycles. The van der Waals surface area contributed by atoms with Crippen molar-refractivity contribution in [1.29, 1.82) is 0 Å². The Morgan fingerprint density at radius 2 is 1.94 bits per heavy atom. The summed E-state index contributed by atoms with van der Waals surface area (Å²) in [6, 6.07) is 0.290. The second kappa shape index (κ2) is 5.67. The van der Waals surface area contributed by atoms with Gasteiger partial charge in [-0.25, -0.2) is 0 Å². The smallest absolute Gasteiger partial charge is 0.227 e. The van der Waals surface area contributed by atoms with Crippen molar-refractivity contribution in [3.8, 4) is 0 Å². The van der Waals surface area contributed by atoms with Crippen LogP contribution in [0.1, 0.15) is 52.9 Å². The average molecular weight is 226 g/mol. The molecule has 1 amide bonds. The molecule has 0 heterocycles. The first-order chi connectivity index (χ1) is 7.47. The fraction of sp³-hybridized carbons (Fsp3) is 0.923. The highest BCUT2D eigenvalue weighted by Gasteiger charge is 2.29. The maximum absolute atomic E-state index is 12.0. The summed E-state index contributed by atoms with van der Waals surface area (Å²) in [5, 5.41) is 3.12. The average Bonchev–Trinajstić information content (AvgIpc) is 2.30. The Hall–Kier alpha value is -0.570. The minimum absolute atomic E-state index is 0.0908. The van der Waals surface area contributed by atoms with Gasteiger partial charge >= 0.3 is 0 Å². The Bertz CT molecular complexity index is 232. The summed E-state index contributed by atoms with van der Waals surface area (Å²) in [6.45, 7) is 6.32. The molecule has 0 aromatic heterocycles. The molecule has 0 aromatic rings. The van der Waals surface area contributed by atoms with E-state index in [1.165, 1.54) is 32.1 Å². The topological polar surface area (TPSA) is 55.1 Å². The molecule has 94 valence electrons. The molecule has 3 nitrogen and oxygen atoms in total. The molecular formula is C13H26N2O. The fourth-order valence-corrected chi connectivity index (χ4v) is 2.25. The van der Waals surface area contributed by atoms with Gasteiger partial charge in [0.2, 0.25) is 5.91 Å². The van der Waals surface area contributed by atoms with Gasteiger partial charge in [-0.1, -0.05) is 19.3 Å². The van der Waals surface area contributed by atoms with Gasteiger partial charge in [0, 0.05) is 12.6 Å². The van der Waals surface area contributed by atoms with Crippen molar-refractivity contribution >= 4 is 5.91 Å². The monoisotopic (exact) mass is 226 g/mol. The van der Waals surface area contributed by atoms with Gasteiger partial charge in [-0.15, -0.1) is 0 Å². The van der Waals surface area contributed by atoms with Crippen LogP contribution in [0.25, 0.3) is 0 Å². The lowest BCUT2D eigenvalue weighted by atomic mass is 9.83. The summed E-state index contributed by atoms with van der Waals surface area (Å²) in [6.07, 6.45) is 6.48. The number of rotatable bonds is 4. The Balaban J connectivity index is 2.43. The lowest BCUT2D eigenvalue weighted by molar-refractivity contribution is -0.129. The molecule has 1 rings (SSSR count). The van der Waals surface area contributed by atoms with Crippen molar-refractivity contribution in [2.75, 3.05) is 6.54 Å². The molecule has 0 radical (unpaired) electrons. The van der Waals surface area contributed by atoms with Crippen molar-refractivity contribution in [1.82, 2.24) is 5.32 Å². The molecule has 0 aromatic carbocycles. The minimum Gasteiger partial charge on any atom is -0.353 e. The van der Waals surface area contributed by atoms with Gasteiger partial charge < -0.3 is 11.1 Å². The molecule has 3 N–H and O–H groups in total. The predicted molar refractivity (Wildman–Crippen MR) is 67.0 cm³/mol. The highest BCUT2D eigenvalue weighted by molar-refractivity contribution is 5.82. The van der Waals surface area contributed by atoms with E-state index in [0.717, 1.165) is 0 Å².